The normalized spacial score (nSPS) is 40.0. The molecule has 0 spiro atoms. The molecular weight excluding hydrogens is 232 g/mol. The van der Waals surface area contributed by atoms with E-state index in [2.05, 4.69) is 0 Å². The number of ketones is 1. The van der Waals surface area contributed by atoms with Crippen LogP contribution in [0.5, 0.6) is 0 Å². The van der Waals surface area contributed by atoms with Crippen molar-refractivity contribution in [2.24, 2.45) is 0 Å². The van der Waals surface area contributed by atoms with Crippen LogP contribution in [-0.4, -0.2) is 70.1 Å². The second-order valence-corrected chi connectivity index (χ2v) is 3.94. The van der Waals surface area contributed by atoms with E-state index in [1.807, 2.05) is 0 Å². The Hall–Kier alpha value is -0.570. The van der Waals surface area contributed by atoms with Gasteiger partial charge in [0, 0.05) is 13.5 Å². The summed E-state index contributed by atoms with van der Waals surface area (Å²) in [6, 6.07) is 0. The highest BCUT2D eigenvalue weighted by molar-refractivity contribution is 5.83. The van der Waals surface area contributed by atoms with Crippen molar-refractivity contribution in [3.8, 4) is 0 Å². The summed E-state index contributed by atoms with van der Waals surface area (Å²) in [4.78, 5) is 11.3. The zero-order valence-electron chi connectivity index (χ0n) is 9.68. The number of carbonyl (C=O) groups is 1. The molecule has 1 aliphatic rings. The molecule has 100 valence electrons. The number of hydrogen-bond acceptors (Lipinski definition) is 7. The third-order valence-corrected chi connectivity index (χ3v) is 2.83. The van der Waals surface area contributed by atoms with E-state index in [1.165, 1.54) is 7.11 Å². The zero-order valence-corrected chi connectivity index (χ0v) is 9.68. The molecule has 0 saturated carbocycles. The van der Waals surface area contributed by atoms with Crippen LogP contribution in [0.4, 0.5) is 0 Å². The molecule has 0 radical (unpaired) electrons. The number of aliphatic hydroxyl groups excluding tert-OH is 4. The minimum atomic E-state index is -1.56. The van der Waals surface area contributed by atoms with Gasteiger partial charge < -0.3 is 29.9 Å². The standard InChI is InChI=1S/C10H18O7/c1-3-4(11)5(12)9-7(14)6(13)8(15)10(16-2)17-9/h5-10,12-15H,3H2,1-2H3/t5?,6-,7-,8-,9+,10-/m0/s1. The van der Waals surface area contributed by atoms with Crippen LogP contribution in [0.2, 0.25) is 0 Å². The molecule has 1 fully saturated rings. The summed E-state index contributed by atoms with van der Waals surface area (Å²) in [7, 11) is 1.24. The van der Waals surface area contributed by atoms with Crippen LogP contribution in [0.25, 0.3) is 0 Å². The number of rotatable bonds is 4. The number of hydrogen-bond donors (Lipinski definition) is 4. The van der Waals surface area contributed by atoms with E-state index in [0.29, 0.717) is 0 Å². The Labute approximate surface area is 98.6 Å². The lowest BCUT2D eigenvalue weighted by Crippen LogP contribution is -2.62. The van der Waals surface area contributed by atoms with Crippen molar-refractivity contribution in [1.29, 1.82) is 0 Å². The highest BCUT2D eigenvalue weighted by atomic mass is 16.7. The SMILES string of the molecule is CCC(=O)C(O)[C@H]1O[C@H](OC)[C@@H](O)[C@@H](O)[C@@H]1O. The average Bonchev–Trinajstić information content (AvgIpc) is 2.34. The fourth-order valence-corrected chi connectivity index (χ4v) is 1.72. The number of Topliss-reactive ketones (excluding diaryl/α,β-unsaturated/α-hetero) is 1. The number of methoxy groups -OCH3 is 1. The van der Waals surface area contributed by atoms with Crippen molar-refractivity contribution in [2.45, 2.75) is 50.2 Å². The monoisotopic (exact) mass is 250 g/mol. The third kappa shape index (κ3) is 2.82. The van der Waals surface area contributed by atoms with Gasteiger partial charge in [-0.15, -0.1) is 0 Å². The van der Waals surface area contributed by atoms with Gasteiger partial charge in [0.25, 0.3) is 0 Å². The molecule has 6 atom stereocenters. The molecule has 1 heterocycles. The van der Waals surface area contributed by atoms with Crippen LogP contribution in [0.15, 0.2) is 0 Å². The Morgan fingerprint density at radius 2 is 1.88 bits per heavy atom. The molecule has 1 saturated heterocycles. The molecule has 0 aromatic carbocycles. The van der Waals surface area contributed by atoms with Crippen LogP contribution in [0, 0.1) is 0 Å². The molecule has 4 N–H and O–H groups in total. The van der Waals surface area contributed by atoms with E-state index in [4.69, 9.17) is 9.47 Å². The fraction of sp³-hybridized carbons (Fsp3) is 0.900. The molecule has 1 unspecified atom stereocenters. The van der Waals surface area contributed by atoms with Gasteiger partial charge in [0.15, 0.2) is 12.1 Å². The van der Waals surface area contributed by atoms with E-state index in [1.54, 1.807) is 6.92 Å². The van der Waals surface area contributed by atoms with E-state index in [-0.39, 0.29) is 6.42 Å². The van der Waals surface area contributed by atoms with E-state index < -0.39 is 42.6 Å². The smallest absolute Gasteiger partial charge is 0.186 e. The summed E-state index contributed by atoms with van der Waals surface area (Å²) < 4.78 is 9.81. The maximum absolute atomic E-state index is 11.3. The maximum Gasteiger partial charge on any atom is 0.186 e. The summed E-state index contributed by atoms with van der Waals surface area (Å²) in [5.74, 6) is -0.521. The summed E-state index contributed by atoms with van der Waals surface area (Å²) >= 11 is 0. The topological polar surface area (TPSA) is 116 Å². The van der Waals surface area contributed by atoms with Gasteiger partial charge in [-0.25, -0.2) is 0 Å². The van der Waals surface area contributed by atoms with Crippen LogP contribution in [-0.2, 0) is 14.3 Å². The zero-order chi connectivity index (χ0) is 13.2. The van der Waals surface area contributed by atoms with Gasteiger partial charge in [0.1, 0.15) is 30.5 Å². The molecule has 0 aliphatic carbocycles. The Morgan fingerprint density at radius 1 is 1.29 bits per heavy atom. The number of aliphatic hydroxyl groups is 4. The van der Waals surface area contributed by atoms with Crippen LogP contribution >= 0.6 is 0 Å². The summed E-state index contributed by atoms with van der Waals surface area (Å²) in [6.07, 6.45) is -8.53. The van der Waals surface area contributed by atoms with Crippen molar-refractivity contribution in [2.75, 3.05) is 7.11 Å². The first-order valence-corrected chi connectivity index (χ1v) is 5.37. The predicted octanol–water partition coefficient (Wildman–Crippen LogP) is -2.22. The minimum Gasteiger partial charge on any atom is -0.387 e. The van der Waals surface area contributed by atoms with Crippen LogP contribution < -0.4 is 0 Å². The van der Waals surface area contributed by atoms with E-state index in [0.717, 1.165) is 0 Å². The largest absolute Gasteiger partial charge is 0.387 e. The lowest BCUT2D eigenvalue weighted by molar-refractivity contribution is -0.301. The van der Waals surface area contributed by atoms with Crippen molar-refractivity contribution in [3.05, 3.63) is 0 Å². The number of ether oxygens (including phenoxy) is 2. The van der Waals surface area contributed by atoms with Gasteiger partial charge in [-0.05, 0) is 0 Å². The van der Waals surface area contributed by atoms with E-state index >= 15 is 0 Å². The first-order valence-electron chi connectivity index (χ1n) is 5.37. The molecule has 1 aliphatic heterocycles. The Kier molecular flexibility index (Phi) is 4.99. The number of carbonyl (C=O) groups excluding carboxylic acids is 1. The third-order valence-electron chi connectivity index (χ3n) is 2.83. The average molecular weight is 250 g/mol. The molecule has 7 heteroatoms. The Bertz CT molecular complexity index is 267. The van der Waals surface area contributed by atoms with Crippen molar-refractivity contribution >= 4 is 5.78 Å². The minimum absolute atomic E-state index is 0.0735. The molecule has 0 aromatic rings. The highest BCUT2D eigenvalue weighted by Gasteiger charge is 2.47. The van der Waals surface area contributed by atoms with Gasteiger partial charge in [0.2, 0.25) is 0 Å². The molecule has 0 aromatic heterocycles. The van der Waals surface area contributed by atoms with Crippen molar-refractivity contribution in [1.82, 2.24) is 0 Å². The molecule has 17 heavy (non-hydrogen) atoms. The molecule has 7 nitrogen and oxygen atoms in total. The van der Waals surface area contributed by atoms with Crippen molar-refractivity contribution < 1.29 is 34.7 Å². The lowest BCUT2D eigenvalue weighted by Gasteiger charge is -2.41. The predicted molar refractivity (Wildman–Crippen MR) is 55.0 cm³/mol. The van der Waals surface area contributed by atoms with Gasteiger partial charge in [-0.3, -0.25) is 4.79 Å². The fourth-order valence-electron chi connectivity index (χ4n) is 1.72. The quantitative estimate of drug-likeness (QED) is 0.446. The van der Waals surface area contributed by atoms with Gasteiger partial charge >= 0.3 is 0 Å². The second kappa shape index (κ2) is 5.85. The maximum atomic E-state index is 11.3. The van der Waals surface area contributed by atoms with Crippen LogP contribution in [0.3, 0.4) is 0 Å². The summed E-state index contributed by atoms with van der Waals surface area (Å²) in [5.41, 5.74) is 0. The summed E-state index contributed by atoms with van der Waals surface area (Å²) in [5, 5.41) is 38.3. The Morgan fingerprint density at radius 3 is 2.35 bits per heavy atom. The van der Waals surface area contributed by atoms with E-state index in [9.17, 15) is 25.2 Å². The lowest BCUT2D eigenvalue weighted by atomic mass is 9.93. The molecule has 0 amide bonds. The van der Waals surface area contributed by atoms with Crippen molar-refractivity contribution in [3.63, 3.8) is 0 Å². The Balaban J connectivity index is 2.81. The molecule has 0 bridgehead atoms. The van der Waals surface area contributed by atoms with Gasteiger partial charge in [-0.2, -0.15) is 0 Å². The van der Waals surface area contributed by atoms with Gasteiger partial charge in [-0.1, -0.05) is 6.92 Å². The summed E-state index contributed by atoms with van der Waals surface area (Å²) in [6.45, 7) is 1.56. The van der Waals surface area contributed by atoms with Crippen LogP contribution in [0.1, 0.15) is 13.3 Å². The first-order chi connectivity index (χ1) is 7.93. The van der Waals surface area contributed by atoms with Gasteiger partial charge in [0.05, 0.1) is 0 Å². The molecular formula is C10H18O7. The first kappa shape index (κ1) is 14.5. The second-order valence-electron chi connectivity index (χ2n) is 3.94. The highest BCUT2D eigenvalue weighted by Crippen LogP contribution is 2.24. The molecule has 1 rings (SSSR count).